The highest BCUT2D eigenvalue weighted by Crippen LogP contribution is 2.26. The van der Waals surface area contributed by atoms with E-state index in [9.17, 15) is 4.79 Å². The van der Waals surface area contributed by atoms with Gasteiger partial charge in [-0.1, -0.05) is 0 Å². The van der Waals surface area contributed by atoms with Crippen LogP contribution in [0, 0.1) is 0 Å². The van der Waals surface area contributed by atoms with Crippen LogP contribution >= 0.6 is 24.8 Å². The monoisotopic (exact) mass is 243 g/mol. The summed E-state index contributed by atoms with van der Waals surface area (Å²) in [4.78, 5) is 14.7. The van der Waals surface area contributed by atoms with Crippen LogP contribution in [0.1, 0.15) is 12.8 Å². The van der Waals surface area contributed by atoms with Gasteiger partial charge in [-0.05, 0) is 26.9 Å². The van der Waals surface area contributed by atoms with Crippen molar-refractivity contribution in [3.05, 3.63) is 0 Å². The number of nitrogens with two attached hydrogens (primary N) is 1. The molecule has 4 nitrogen and oxygen atoms in total. The lowest BCUT2D eigenvalue weighted by molar-refractivity contribution is 0.198. The maximum atomic E-state index is 10.9. The summed E-state index contributed by atoms with van der Waals surface area (Å²) in [7, 11) is 3.98. The van der Waals surface area contributed by atoms with Gasteiger partial charge in [0.2, 0.25) is 0 Å². The molecule has 2 amide bonds. The average Bonchev–Trinajstić information content (AvgIpc) is 2.69. The molecule has 0 bridgehead atoms. The van der Waals surface area contributed by atoms with E-state index in [1.807, 2.05) is 14.1 Å². The number of halogens is 2. The molecule has 0 aliphatic heterocycles. The molecule has 1 aliphatic rings. The molecule has 1 fully saturated rings. The van der Waals surface area contributed by atoms with Gasteiger partial charge in [0.05, 0.1) is 0 Å². The lowest BCUT2D eigenvalue weighted by Gasteiger charge is -2.21. The molecule has 0 heterocycles. The van der Waals surface area contributed by atoms with Crippen molar-refractivity contribution in [2.45, 2.75) is 18.9 Å². The first kappa shape index (κ1) is 16.2. The third kappa shape index (κ3) is 5.52. The molecule has 0 atom stereocenters. The minimum atomic E-state index is -0.278. The number of primary amides is 1. The molecule has 0 aromatic carbocycles. The molecule has 0 aromatic heterocycles. The SMILES string of the molecule is CN(C)CCN(C(N)=O)C1CC1.Cl.Cl. The number of hydrogen-bond acceptors (Lipinski definition) is 2. The third-order valence-corrected chi connectivity index (χ3v) is 2.06. The molecular weight excluding hydrogens is 225 g/mol. The minimum absolute atomic E-state index is 0. The van der Waals surface area contributed by atoms with Crippen LogP contribution in [0.25, 0.3) is 0 Å². The molecule has 1 aliphatic carbocycles. The van der Waals surface area contributed by atoms with Gasteiger partial charge in [0.1, 0.15) is 0 Å². The summed E-state index contributed by atoms with van der Waals surface area (Å²) >= 11 is 0. The fraction of sp³-hybridized carbons (Fsp3) is 0.875. The fourth-order valence-corrected chi connectivity index (χ4v) is 1.17. The third-order valence-electron chi connectivity index (χ3n) is 2.06. The highest BCUT2D eigenvalue weighted by atomic mass is 35.5. The van der Waals surface area contributed by atoms with Gasteiger partial charge in [-0.3, -0.25) is 0 Å². The molecular formula is C8H19Cl2N3O. The van der Waals surface area contributed by atoms with Crippen LogP contribution in [-0.2, 0) is 0 Å². The zero-order valence-corrected chi connectivity index (χ0v) is 10.2. The Balaban J connectivity index is 0. The fourth-order valence-electron chi connectivity index (χ4n) is 1.17. The lowest BCUT2D eigenvalue weighted by atomic mass is 10.4. The first-order chi connectivity index (χ1) is 5.61. The predicted molar refractivity (Wildman–Crippen MR) is 62.4 cm³/mol. The number of urea groups is 1. The van der Waals surface area contributed by atoms with E-state index in [1.54, 1.807) is 4.90 Å². The van der Waals surface area contributed by atoms with E-state index in [1.165, 1.54) is 0 Å². The maximum absolute atomic E-state index is 10.9. The quantitative estimate of drug-likeness (QED) is 0.799. The molecule has 86 valence electrons. The standard InChI is InChI=1S/C8H17N3O.2ClH/c1-10(2)5-6-11(8(9)12)7-3-4-7;;/h7H,3-6H2,1-2H3,(H2,9,12);2*1H. The smallest absolute Gasteiger partial charge is 0.315 e. The summed E-state index contributed by atoms with van der Waals surface area (Å²) < 4.78 is 0. The summed E-state index contributed by atoms with van der Waals surface area (Å²) in [5, 5.41) is 0. The van der Waals surface area contributed by atoms with Crippen molar-refractivity contribution in [2.75, 3.05) is 27.2 Å². The summed E-state index contributed by atoms with van der Waals surface area (Å²) in [5.41, 5.74) is 5.23. The second-order valence-electron chi connectivity index (χ2n) is 3.57. The van der Waals surface area contributed by atoms with Gasteiger partial charge in [0.25, 0.3) is 0 Å². The van der Waals surface area contributed by atoms with Crippen LogP contribution in [0.3, 0.4) is 0 Å². The number of carbonyl (C=O) groups is 1. The van der Waals surface area contributed by atoms with E-state index < -0.39 is 0 Å². The van der Waals surface area contributed by atoms with E-state index in [2.05, 4.69) is 4.90 Å². The van der Waals surface area contributed by atoms with Crippen molar-refractivity contribution in [1.29, 1.82) is 0 Å². The van der Waals surface area contributed by atoms with Gasteiger partial charge in [-0.2, -0.15) is 0 Å². The molecule has 0 radical (unpaired) electrons. The molecule has 14 heavy (non-hydrogen) atoms. The normalized spacial score (nSPS) is 14.2. The second-order valence-corrected chi connectivity index (χ2v) is 3.57. The molecule has 6 heteroatoms. The Morgan fingerprint density at radius 1 is 1.29 bits per heavy atom. The zero-order chi connectivity index (χ0) is 9.14. The minimum Gasteiger partial charge on any atom is -0.351 e. The molecule has 0 spiro atoms. The van der Waals surface area contributed by atoms with E-state index >= 15 is 0 Å². The number of rotatable bonds is 4. The summed E-state index contributed by atoms with van der Waals surface area (Å²) in [6.45, 7) is 1.65. The van der Waals surface area contributed by atoms with Crippen LogP contribution in [-0.4, -0.2) is 49.1 Å². The lowest BCUT2D eigenvalue weighted by Crippen LogP contribution is -2.41. The Bertz CT molecular complexity index is 174. The van der Waals surface area contributed by atoms with E-state index in [4.69, 9.17) is 5.73 Å². The van der Waals surface area contributed by atoms with Crippen molar-refractivity contribution in [2.24, 2.45) is 5.73 Å². The number of nitrogens with zero attached hydrogens (tertiary/aromatic N) is 2. The molecule has 1 saturated carbocycles. The number of carbonyl (C=O) groups excluding carboxylic acids is 1. The Labute approximate surface area is 97.6 Å². The van der Waals surface area contributed by atoms with Crippen LogP contribution in [0.2, 0.25) is 0 Å². The van der Waals surface area contributed by atoms with Gasteiger partial charge >= 0.3 is 6.03 Å². The first-order valence-electron chi connectivity index (χ1n) is 4.32. The molecule has 2 N–H and O–H groups in total. The van der Waals surface area contributed by atoms with Crippen molar-refractivity contribution < 1.29 is 4.79 Å². The van der Waals surface area contributed by atoms with Crippen LogP contribution in [0.5, 0.6) is 0 Å². The van der Waals surface area contributed by atoms with Crippen LogP contribution in [0.4, 0.5) is 4.79 Å². The van der Waals surface area contributed by atoms with Gasteiger partial charge in [-0.25, -0.2) is 4.79 Å². The van der Waals surface area contributed by atoms with Crippen LogP contribution < -0.4 is 5.73 Å². The second kappa shape index (κ2) is 7.15. The van der Waals surface area contributed by atoms with E-state index in [0.29, 0.717) is 6.04 Å². The van der Waals surface area contributed by atoms with Crippen molar-refractivity contribution >= 4 is 30.8 Å². The van der Waals surface area contributed by atoms with Gasteiger partial charge < -0.3 is 15.5 Å². The highest BCUT2D eigenvalue weighted by Gasteiger charge is 2.30. The van der Waals surface area contributed by atoms with Crippen molar-refractivity contribution in [3.8, 4) is 0 Å². The maximum Gasteiger partial charge on any atom is 0.315 e. The average molecular weight is 244 g/mol. The van der Waals surface area contributed by atoms with Crippen molar-refractivity contribution in [3.63, 3.8) is 0 Å². The predicted octanol–water partition coefficient (Wildman–Crippen LogP) is 0.935. The topological polar surface area (TPSA) is 49.6 Å². The molecule has 1 rings (SSSR count). The molecule has 0 unspecified atom stereocenters. The van der Waals surface area contributed by atoms with Gasteiger partial charge in [0, 0.05) is 19.1 Å². The number of likely N-dealkylation sites (N-methyl/N-ethyl adjacent to an activating group) is 1. The van der Waals surface area contributed by atoms with Gasteiger partial charge in [-0.15, -0.1) is 24.8 Å². The van der Waals surface area contributed by atoms with E-state index in [0.717, 1.165) is 25.9 Å². The van der Waals surface area contributed by atoms with Crippen LogP contribution in [0.15, 0.2) is 0 Å². The largest absolute Gasteiger partial charge is 0.351 e. The van der Waals surface area contributed by atoms with Gasteiger partial charge in [0.15, 0.2) is 0 Å². The molecule has 0 saturated heterocycles. The summed E-state index contributed by atoms with van der Waals surface area (Å²) in [5.74, 6) is 0. The Hall–Kier alpha value is -0.190. The molecule has 0 aromatic rings. The first-order valence-corrected chi connectivity index (χ1v) is 4.32. The van der Waals surface area contributed by atoms with Crippen molar-refractivity contribution in [1.82, 2.24) is 9.80 Å². The summed E-state index contributed by atoms with van der Waals surface area (Å²) in [6.07, 6.45) is 2.24. The van der Waals surface area contributed by atoms with E-state index in [-0.39, 0.29) is 30.8 Å². The number of hydrogen-bond donors (Lipinski definition) is 1. The number of amides is 2. The Morgan fingerprint density at radius 3 is 2.07 bits per heavy atom. The highest BCUT2D eigenvalue weighted by molar-refractivity contribution is 5.85. The Kier molecular flexibility index (Phi) is 8.30. The summed E-state index contributed by atoms with van der Waals surface area (Å²) in [6, 6.07) is 0.154. The zero-order valence-electron chi connectivity index (χ0n) is 8.60. The Morgan fingerprint density at radius 2 is 1.79 bits per heavy atom.